The third-order valence-electron chi connectivity index (χ3n) is 2.41. The third-order valence-corrected chi connectivity index (χ3v) is 2.41. The van der Waals surface area contributed by atoms with Gasteiger partial charge in [-0.25, -0.2) is 0 Å². The lowest BCUT2D eigenvalue weighted by Crippen LogP contribution is -2.31. The Morgan fingerprint density at radius 2 is 1.87 bits per heavy atom. The van der Waals surface area contributed by atoms with Gasteiger partial charge in [0.15, 0.2) is 0 Å². The van der Waals surface area contributed by atoms with Crippen molar-refractivity contribution in [3.8, 4) is 5.75 Å². The van der Waals surface area contributed by atoms with Gasteiger partial charge in [0, 0.05) is 25.3 Å². The summed E-state index contributed by atoms with van der Waals surface area (Å²) in [7, 11) is 0. The van der Waals surface area contributed by atoms with Crippen molar-refractivity contribution >= 4 is 5.69 Å². The van der Waals surface area contributed by atoms with Crippen LogP contribution in [0.2, 0.25) is 0 Å². The van der Waals surface area contributed by atoms with Crippen molar-refractivity contribution in [3.63, 3.8) is 0 Å². The molecule has 3 heteroatoms. The van der Waals surface area contributed by atoms with Crippen LogP contribution in [0, 0.1) is 0 Å². The molecule has 0 aliphatic carbocycles. The molecule has 0 aliphatic heterocycles. The van der Waals surface area contributed by atoms with Crippen molar-refractivity contribution in [1.82, 2.24) is 5.32 Å². The average Bonchev–Trinajstić information content (AvgIpc) is 2.26. The molecular weight excluding hydrogens is 188 g/mol. The molecule has 0 aromatic heterocycles. The Labute approximate surface area is 91.7 Å². The number of phenols is 1. The van der Waals surface area contributed by atoms with Crippen LogP contribution in [-0.4, -0.2) is 31.3 Å². The summed E-state index contributed by atoms with van der Waals surface area (Å²) >= 11 is 0. The molecule has 15 heavy (non-hydrogen) atoms. The van der Waals surface area contributed by atoms with Gasteiger partial charge in [-0.15, -0.1) is 0 Å². The second kappa shape index (κ2) is 6.30. The van der Waals surface area contributed by atoms with Gasteiger partial charge in [-0.2, -0.15) is 0 Å². The van der Waals surface area contributed by atoms with Crippen molar-refractivity contribution in [2.24, 2.45) is 0 Å². The number of nitrogens with zero attached hydrogens (tertiary/aromatic N) is 1. The number of hydrogen-bond donors (Lipinski definition) is 2. The van der Waals surface area contributed by atoms with E-state index < -0.39 is 0 Å². The van der Waals surface area contributed by atoms with E-state index in [0.717, 1.165) is 31.9 Å². The van der Waals surface area contributed by atoms with Crippen LogP contribution in [0.25, 0.3) is 0 Å². The topological polar surface area (TPSA) is 35.5 Å². The van der Waals surface area contributed by atoms with Crippen LogP contribution in [0.3, 0.4) is 0 Å². The highest BCUT2D eigenvalue weighted by molar-refractivity contribution is 5.48. The van der Waals surface area contributed by atoms with Crippen molar-refractivity contribution < 1.29 is 5.11 Å². The van der Waals surface area contributed by atoms with E-state index in [1.165, 1.54) is 0 Å². The van der Waals surface area contributed by atoms with Crippen LogP contribution in [0.1, 0.15) is 13.8 Å². The molecule has 84 valence electrons. The molecule has 0 unspecified atom stereocenters. The van der Waals surface area contributed by atoms with E-state index in [-0.39, 0.29) is 0 Å². The van der Waals surface area contributed by atoms with Crippen LogP contribution in [0.4, 0.5) is 5.69 Å². The number of benzene rings is 1. The first-order chi connectivity index (χ1) is 7.27. The fourth-order valence-electron chi connectivity index (χ4n) is 1.52. The fraction of sp³-hybridized carbons (Fsp3) is 0.500. The Morgan fingerprint density at radius 3 is 2.40 bits per heavy atom. The maximum absolute atomic E-state index is 9.19. The lowest BCUT2D eigenvalue weighted by atomic mass is 10.2. The summed E-state index contributed by atoms with van der Waals surface area (Å²) < 4.78 is 0. The summed E-state index contributed by atoms with van der Waals surface area (Å²) in [5.74, 6) is 0.321. The molecule has 0 spiro atoms. The molecule has 0 heterocycles. The SMILES string of the molecule is CCNCCN(CC)c1ccc(O)cc1. The molecule has 1 rings (SSSR count). The molecule has 1 aromatic rings. The lowest BCUT2D eigenvalue weighted by Gasteiger charge is -2.23. The maximum atomic E-state index is 9.19. The smallest absolute Gasteiger partial charge is 0.115 e. The maximum Gasteiger partial charge on any atom is 0.115 e. The van der Waals surface area contributed by atoms with Crippen LogP contribution < -0.4 is 10.2 Å². The molecule has 3 nitrogen and oxygen atoms in total. The van der Waals surface area contributed by atoms with E-state index in [2.05, 4.69) is 24.1 Å². The van der Waals surface area contributed by atoms with Crippen LogP contribution >= 0.6 is 0 Å². The summed E-state index contributed by atoms with van der Waals surface area (Å²) in [4.78, 5) is 2.28. The predicted molar refractivity (Wildman–Crippen MR) is 64.5 cm³/mol. The van der Waals surface area contributed by atoms with E-state index in [1.54, 1.807) is 12.1 Å². The predicted octanol–water partition coefficient (Wildman–Crippen LogP) is 1.83. The molecular formula is C12H20N2O. The molecule has 2 N–H and O–H groups in total. The molecule has 0 saturated carbocycles. The monoisotopic (exact) mass is 208 g/mol. The summed E-state index contributed by atoms with van der Waals surface area (Å²) in [6.07, 6.45) is 0. The number of hydrogen-bond acceptors (Lipinski definition) is 3. The Hall–Kier alpha value is -1.22. The molecule has 0 bridgehead atoms. The van der Waals surface area contributed by atoms with Gasteiger partial charge in [0.05, 0.1) is 0 Å². The molecule has 0 fully saturated rings. The standard InChI is InChI=1S/C12H20N2O/c1-3-13-9-10-14(4-2)11-5-7-12(15)8-6-11/h5-8,13,15H,3-4,9-10H2,1-2H3. The third kappa shape index (κ3) is 3.80. The van der Waals surface area contributed by atoms with Crippen LogP contribution in [0.15, 0.2) is 24.3 Å². The second-order valence-corrected chi connectivity index (χ2v) is 3.45. The Balaban J connectivity index is 2.53. The highest BCUT2D eigenvalue weighted by Crippen LogP contribution is 2.17. The average molecular weight is 208 g/mol. The minimum atomic E-state index is 0.321. The zero-order chi connectivity index (χ0) is 11.1. The van der Waals surface area contributed by atoms with Crippen molar-refractivity contribution in [2.75, 3.05) is 31.1 Å². The van der Waals surface area contributed by atoms with Crippen molar-refractivity contribution in [3.05, 3.63) is 24.3 Å². The minimum absolute atomic E-state index is 0.321. The van der Waals surface area contributed by atoms with E-state index in [9.17, 15) is 5.11 Å². The minimum Gasteiger partial charge on any atom is -0.508 e. The number of anilines is 1. The molecule has 0 amide bonds. The summed E-state index contributed by atoms with van der Waals surface area (Å²) in [6.45, 7) is 8.22. The first-order valence-corrected chi connectivity index (χ1v) is 5.52. The Morgan fingerprint density at radius 1 is 1.20 bits per heavy atom. The number of aromatic hydroxyl groups is 1. The zero-order valence-electron chi connectivity index (χ0n) is 9.53. The zero-order valence-corrected chi connectivity index (χ0v) is 9.53. The quantitative estimate of drug-likeness (QED) is 0.700. The van der Waals surface area contributed by atoms with Gasteiger partial charge in [-0.3, -0.25) is 0 Å². The summed E-state index contributed by atoms with van der Waals surface area (Å²) in [6, 6.07) is 7.35. The van der Waals surface area contributed by atoms with Crippen LogP contribution in [-0.2, 0) is 0 Å². The molecule has 1 aromatic carbocycles. The molecule has 0 atom stereocenters. The van der Waals surface area contributed by atoms with Gasteiger partial charge < -0.3 is 15.3 Å². The number of likely N-dealkylation sites (N-methyl/N-ethyl adjacent to an activating group) is 2. The lowest BCUT2D eigenvalue weighted by molar-refractivity contribution is 0.475. The van der Waals surface area contributed by atoms with Gasteiger partial charge in [0.2, 0.25) is 0 Å². The van der Waals surface area contributed by atoms with Gasteiger partial charge in [0.25, 0.3) is 0 Å². The van der Waals surface area contributed by atoms with E-state index >= 15 is 0 Å². The van der Waals surface area contributed by atoms with E-state index in [4.69, 9.17) is 0 Å². The van der Waals surface area contributed by atoms with E-state index in [1.807, 2.05) is 12.1 Å². The van der Waals surface area contributed by atoms with Crippen LogP contribution in [0.5, 0.6) is 5.75 Å². The van der Waals surface area contributed by atoms with Gasteiger partial charge in [0.1, 0.15) is 5.75 Å². The van der Waals surface area contributed by atoms with E-state index in [0.29, 0.717) is 5.75 Å². The number of phenolic OH excluding ortho intramolecular Hbond substituents is 1. The Kier molecular flexibility index (Phi) is 4.98. The summed E-state index contributed by atoms with van der Waals surface area (Å²) in [5.41, 5.74) is 1.16. The number of nitrogens with one attached hydrogen (secondary N) is 1. The normalized spacial score (nSPS) is 10.3. The first-order valence-electron chi connectivity index (χ1n) is 5.52. The fourth-order valence-corrected chi connectivity index (χ4v) is 1.52. The second-order valence-electron chi connectivity index (χ2n) is 3.45. The Bertz CT molecular complexity index is 271. The molecule has 0 aliphatic rings. The van der Waals surface area contributed by atoms with Crippen molar-refractivity contribution in [2.45, 2.75) is 13.8 Å². The van der Waals surface area contributed by atoms with Gasteiger partial charge >= 0.3 is 0 Å². The van der Waals surface area contributed by atoms with Gasteiger partial charge in [-0.05, 0) is 37.7 Å². The summed E-state index contributed by atoms with van der Waals surface area (Å²) in [5, 5.41) is 12.5. The van der Waals surface area contributed by atoms with Gasteiger partial charge in [-0.1, -0.05) is 6.92 Å². The largest absolute Gasteiger partial charge is 0.508 e. The molecule has 0 radical (unpaired) electrons. The highest BCUT2D eigenvalue weighted by atomic mass is 16.3. The number of rotatable bonds is 6. The highest BCUT2D eigenvalue weighted by Gasteiger charge is 2.02. The molecule has 0 saturated heterocycles. The first kappa shape index (κ1) is 11.9. The van der Waals surface area contributed by atoms with Crippen molar-refractivity contribution in [1.29, 1.82) is 0 Å².